The molecule has 5 saturated heterocycles. The molecular formula is C32H38N2O6. The van der Waals surface area contributed by atoms with Gasteiger partial charge in [-0.2, -0.15) is 0 Å². The van der Waals surface area contributed by atoms with E-state index in [9.17, 15) is 5.11 Å². The predicted octanol–water partition coefficient (Wildman–Crippen LogP) is 3.50. The molecule has 9 rings (SSSR count). The van der Waals surface area contributed by atoms with Crippen LogP contribution in [0.3, 0.4) is 0 Å². The minimum absolute atomic E-state index is 0.122. The van der Waals surface area contributed by atoms with Crippen LogP contribution in [0, 0.1) is 5.92 Å². The Bertz CT molecular complexity index is 1430. The fraction of sp³-hybridized carbons (Fsp3) is 0.562. The van der Waals surface area contributed by atoms with Crippen LogP contribution in [-0.2, 0) is 15.6 Å². The largest absolute Gasteiger partial charge is 0.493 e. The number of aliphatic hydroxyl groups is 1. The van der Waals surface area contributed by atoms with Crippen molar-refractivity contribution in [3.8, 4) is 23.0 Å². The summed E-state index contributed by atoms with van der Waals surface area (Å²) in [5, 5.41) is 15.6. The fourth-order valence-electron chi connectivity index (χ4n) is 9.76. The molecule has 6 fully saturated rings. The highest BCUT2D eigenvalue weighted by Gasteiger charge is 2.77. The number of nitrogens with zero attached hydrogens (tertiary/aromatic N) is 1. The fourth-order valence-corrected chi connectivity index (χ4v) is 9.76. The van der Waals surface area contributed by atoms with Crippen LogP contribution >= 0.6 is 0 Å². The summed E-state index contributed by atoms with van der Waals surface area (Å²) >= 11 is 0. The van der Waals surface area contributed by atoms with Crippen molar-refractivity contribution in [1.29, 1.82) is 0 Å². The normalized spacial score (nSPS) is 41.8. The zero-order valence-corrected chi connectivity index (χ0v) is 23.7. The molecule has 6 bridgehead atoms. The van der Waals surface area contributed by atoms with Crippen molar-refractivity contribution in [2.45, 2.75) is 66.5 Å². The van der Waals surface area contributed by atoms with Gasteiger partial charge in [0, 0.05) is 54.6 Å². The number of hydrogen-bond donors (Lipinski definition) is 2. The first-order valence-corrected chi connectivity index (χ1v) is 14.5. The molecule has 8 heteroatoms. The second-order valence-electron chi connectivity index (χ2n) is 12.5. The van der Waals surface area contributed by atoms with E-state index < -0.39 is 11.5 Å². The third-order valence-electron chi connectivity index (χ3n) is 11.3. The average molecular weight is 547 g/mol. The van der Waals surface area contributed by atoms with E-state index in [1.807, 2.05) is 12.1 Å². The molecule has 8 atom stereocenters. The quantitative estimate of drug-likeness (QED) is 0.533. The van der Waals surface area contributed by atoms with E-state index in [1.54, 1.807) is 28.4 Å². The standard InChI is InChI=1S/C32H38N2O6/c1-36-23-7-5-19(13-25(23)38-3)29-9-11-33-27(29)17-32-22(15-29)21-16-30(35,40-32)18-28-31(21,10-12-34(28)32)20-6-8-24(37-2)26(14-20)39-4/h5-8,13-15,21,27-28,33,35H,9-12,16-18H2,1-4H3/t21-,27+,28+,29+,30+,31-,32-/m0/s1. The third-order valence-corrected chi connectivity index (χ3v) is 11.3. The van der Waals surface area contributed by atoms with Gasteiger partial charge in [0.15, 0.2) is 28.8 Å². The van der Waals surface area contributed by atoms with Gasteiger partial charge in [-0.15, -0.1) is 0 Å². The second-order valence-corrected chi connectivity index (χ2v) is 12.5. The first-order valence-electron chi connectivity index (χ1n) is 14.5. The summed E-state index contributed by atoms with van der Waals surface area (Å²) in [6, 6.07) is 13.2. The zero-order chi connectivity index (χ0) is 27.5. The Kier molecular flexibility index (Phi) is 5.09. The molecule has 5 heterocycles. The number of benzene rings is 2. The molecule has 2 aromatic carbocycles. The number of piperidine rings is 1. The minimum Gasteiger partial charge on any atom is -0.493 e. The summed E-state index contributed by atoms with van der Waals surface area (Å²) in [6.07, 6.45) is 6.62. The van der Waals surface area contributed by atoms with Crippen LogP contribution in [0.15, 0.2) is 48.0 Å². The van der Waals surface area contributed by atoms with Crippen LogP contribution in [0.1, 0.15) is 43.2 Å². The molecular weight excluding hydrogens is 508 g/mol. The minimum atomic E-state index is -1.10. The summed E-state index contributed by atoms with van der Waals surface area (Å²) in [5.74, 6) is 2.05. The zero-order valence-electron chi connectivity index (χ0n) is 23.7. The molecule has 7 aliphatic rings. The van der Waals surface area contributed by atoms with E-state index in [0.717, 1.165) is 55.4 Å². The first-order chi connectivity index (χ1) is 19.4. The highest BCUT2D eigenvalue weighted by Crippen LogP contribution is 2.71. The van der Waals surface area contributed by atoms with Crippen LogP contribution in [-0.4, -0.2) is 75.1 Å². The van der Waals surface area contributed by atoms with Crippen LogP contribution in [0.2, 0.25) is 0 Å². The van der Waals surface area contributed by atoms with Gasteiger partial charge in [-0.1, -0.05) is 18.2 Å². The lowest BCUT2D eigenvalue weighted by Gasteiger charge is -2.71. The Hall–Kier alpha value is -2.78. The summed E-state index contributed by atoms with van der Waals surface area (Å²) in [6.45, 7) is 1.87. The molecule has 1 spiro atoms. The third kappa shape index (κ3) is 2.85. The van der Waals surface area contributed by atoms with Gasteiger partial charge in [-0.3, -0.25) is 4.90 Å². The maximum atomic E-state index is 11.8. The topological polar surface area (TPSA) is 81.7 Å². The van der Waals surface area contributed by atoms with Gasteiger partial charge in [-0.25, -0.2) is 0 Å². The molecule has 0 radical (unpaired) electrons. The Morgan fingerprint density at radius 1 is 0.850 bits per heavy atom. The van der Waals surface area contributed by atoms with E-state index in [4.69, 9.17) is 23.7 Å². The van der Waals surface area contributed by atoms with Gasteiger partial charge in [0.05, 0.1) is 28.4 Å². The van der Waals surface area contributed by atoms with Gasteiger partial charge in [0.25, 0.3) is 0 Å². The maximum absolute atomic E-state index is 11.8. The van der Waals surface area contributed by atoms with E-state index in [2.05, 4.69) is 40.6 Å². The van der Waals surface area contributed by atoms with Crippen molar-refractivity contribution in [2.75, 3.05) is 41.5 Å². The molecule has 2 aliphatic carbocycles. The highest BCUT2D eigenvalue weighted by atomic mass is 16.7. The highest BCUT2D eigenvalue weighted by molar-refractivity contribution is 5.55. The van der Waals surface area contributed by atoms with Gasteiger partial charge < -0.3 is 34.1 Å². The second kappa shape index (κ2) is 8.16. The lowest BCUT2D eigenvalue weighted by molar-refractivity contribution is -0.384. The Labute approximate surface area is 235 Å². The Morgan fingerprint density at radius 3 is 2.23 bits per heavy atom. The molecule has 1 unspecified atom stereocenters. The van der Waals surface area contributed by atoms with E-state index in [1.165, 1.54) is 16.7 Å². The van der Waals surface area contributed by atoms with Gasteiger partial charge in [-0.05, 0) is 60.4 Å². The summed E-state index contributed by atoms with van der Waals surface area (Å²) in [7, 11) is 6.75. The maximum Gasteiger partial charge on any atom is 0.170 e. The molecule has 0 amide bonds. The van der Waals surface area contributed by atoms with Crippen LogP contribution in [0.25, 0.3) is 0 Å². The summed E-state index contributed by atoms with van der Waals surface area (Å²) < 4.78 is 29.5. The van der Waals surface area contributed by atoms with E-state index in [-0.39, 0.29) is 28.8 Å². The predicted molar refractivity (Wildman–Crippen MR) is 148 cm³/mol. The van der Waals surface area contributed by atoms with Gasteiger partial charge in [0.1, 0.15) is 5.72 Å². The van der Waals surface area contributed by atoms with Crippen molar-refractivity contribution in [2.24, 2.45) is 5.92 Å². The van der Waals surface area contributed by atoms with Gasteiger partial charge in [0.2, 0.25) is 0 Å². The smallest absolute Gasteiger partial charge is 0.170 e. The Morgan fingerprint density at radius 2 is 1.52 bits per heavy atom. The first kappa shape index (κ1) is 25.0. The van der Waals surface area contributed by atoms with Crippen molar-refractivity contribution in [3.63, 3.8) is 0 Å². The van der Waals surface area contributed by atoms with Crippen LogP contribution in [0.4, 0.5) is 0 Å². The molecule has 40 heavy (non-hydrogen) atoms. The average Bonchev–Trinajstić information content (AvgIpc) is 3.55. The van der Waals surface area contributed by atoms with Gasteiger partial charge >= 0.3 is 0 Å². The SMILES string of the molecule is COc1ccc([C@]23CCN4[C@@H]2C[C@@]2(O)C[C@H]3C3=C[C@@]5(c6ccc(OC)c(OC)c6)CCN[C@@H]5C[C@]34O2)cc1OC. The molecule has 1 saturated carbocycles. The summed E-state index contributed by atoms with van der Waals surface area (Å²) in [5.41, 5.74) is 2.95. The van der Waals surface area contributed by atoms with Crippen molar-refractivity contribution >= 4 is 0 Å². The summed E-state index contributed by atoms with van der Waals surface area (Å²) in [4.78, 5) is 2.60. The monoisotopic (exact) mass is 546 g/mol. The van der Waals surface area contributed by atoms with E-state index in [0.29, 0.717) is 12.8 Å². The van der Waals surface area contributed by atoms with E-state index >= 15 is 0 Å². The van der Waals surface area contributed by atoms with Crippen molar-refractivity contribution in [1.82, 2.24) is 10.2 Å². The number of fused-ring (bicyclic) bond motifs is 1. The molecule has 212 valence electrons. The number of hydrogen-bond acceptors (Lipinski definition) is 8. The van der Waals surface area contributed by atoms with Crippen LogP contribution in [0.5, 0.6) is 23.0 Å². The number of methoxy groups -OCH3 is 4. The number of nitrogens with one attached hydrogen (secondary N) is 1. The molecule has 2 aromatic rings. The number of ether oxygens (including phenoxy) is 5. The molecule has 5 aliphatic heterocycles. The molecule has 8 nitrogen and oxygen atoms in total. The lowest BCUT2D eigenvalue weighted by atomic mass is 9.49. The van der Waals surface area contributed by atoms with Crippen molar-refractivity contribution < 1.29 is 28.8 Å². The number of rotatable bonds is 6. The van der Waals surface area contributed by atoms with Crippen molar-refractivity contribution in [3.05, 3.63) is 59.2 Å². The Balaban J connectivity index is 1.33. The lowest BCUT2D eigenvalue weighted by Crippen LogP contribution is -2.79. The molecule has 0 aromatic heterocycles. The molecule has 2 N–H and O–H groups in total. The van der Waals surface area contributed by atoms with Crippen LogP contribution < -0.4 is 24.3 Å².